The van der Waals surface area contributed by atoms with Gasteiger partial charge in [0, 0.05) is 10.5 Å². The normalized spacial score (nSPS) is 21.5. The lowest BCUT2D eigenvalue weighted by atomic mass is 10.3. The second-order valence-corrected chi connectivity index (χ2v) is 7.23. The van der Waals surface area contributed by atoms with Crippen molar-refractivity contribution in [3.63, 3.8) is 0 Å². The molecule has 0 bridgehead atoms. The van der Waals surface area contributed by atoms with Crippen molar-refractivity contribution in [1.29, 1.82) is 0 Å². The van der Waals surface area contributed by atoms with Crippen LogP contribution < -0.4 is 10.1 Å². The number of amides is 1. The number of halogens is 1. The Kier molecular flexibility index (Phi) is 3.91. The van der Waals surface area contributed by atoms with E-state index in [1.54, 1.807) is 24.3 Å². The quantitative estimate of drug-likeness (QED) is 0.894. The highest BCUT2D eigenvalue weighted by Crippen LogP contribution is 2.17. The largest absolute Gasteiger partial charge is 0.412 e. The maximum absolute atomic E-state index is 11.5. The summed E-state index contributed by atoms with van der Waals surface area (Å²) in [7, 11) is -3.00. The Morgan fingerprint density at radius 2 is 2.00 bits per heavy atom. The zero-order valence-corrected chi connectivity index (χ0v) is 11.8. The molecular formula is C11H12BrNO4S. The number of hydrogen-bond donors (Lipinski definition) is 1. The molecule has 1 atom stereocenters. The van der Waals surface area contributed by atoms with Gasteiger partial charge in [-0.25, -0.2) is 13.2 Å². The second-order valence-electron chi connectivity index (χ2n) is 4.09. The first-order valence-electron chi connectivity index (χ1n) is 5.39. The summed E-state index contributed by atoms with van der Waals surface area (Å²) >= 11 is 3.27. The van der Waals surface area contributed by atoms with Crippen molar-refractivity contribution in [2.24, 2.45) is 0 Å². The molecule has 1 unspecified atom stereocenters. The Morgan fingerprint density at radius 1 is 1.33 bits per heavy atom. The average Bonchev–Trinajstić information content (AvgIpc) is 2.61. The molecule has 7 heteroatoms. The molecule has 0 aromatic heterocycles. The van der Waals surface area contributed by atoms with Crippen molar-refractivity contribution < 1.29 is 17.9 Å². The molecule has 1 saturated heterocycles. The van der Waals surface area contributed by atoms with Gasteiger partial charge in [0.15, 0.2) is 9.84 Å². The van der Waals surface area contributed by atoms with Crippen LogP contribution in [0, 0.1) is 0 Å². The second kappa shape index (κ2) is 5.27. The molecule has 18 heavy (non-hydrogen) atoms. The highest BCUT2D eigenvalue weighted by atomic mass is 79.9. The lowest BCUT2D eigenvalue weighted by Crippen LogP contribution is -2.37. The van der Waals surface area contributed by atoms with Gasteiger partial charge >= 0.3 is 6.09 Å². The number of rotatable bonds is 2. The Labute approximate surface area is 114 Å². The standard InChI is InChI=1S/C11H12BrNO4S/c12-8-1-3-10(4-2-8)17-11(14)13-9-5-6-18(15,16)7-9/h1-4,9H,5-7H2,(H,13,14). The van der Waals surface area contributed by atoms with Crippen molar-refractivity contribution in [3.8, 4) is 5.75 Å². The topological polar surface area (TPSA) is 72.5 Å². The fourth-order valence-electron chi connectivity index (χ4n) is 1.71. The predicted octanol–water partition coefficient (Wildman–Crippen LogP) is 1.72. The molecule has 1 aromatic carbocycles. The first-order chi connectivity index (χ1) is 8.44. The summed E-state index contributed by atoms with van der Waals surface area (Å²) in [5, 5.41) is 2.55. The van der Waals surface area contributed by atoms with E-state index in [1.165, 1.54) is 0 Å². The molecule has 1 heterocycles. The molecule has 1 fully saturated rings. The number of carbonyl (C=O) groups excluding carboxylic acids is 1. The molecular weight excluding hydrogens is 322 g/mol. The SMILES string of the molecule is O=C(NC1CCS(=O)(=O)C1)Oc1ccc(Br)cc1. The third kappa shape index (κ3) is 3.71. The Hall–Kier alpha value is -1.08. The van der Waals surface area contributed by atoms with Crippen molar-refractivity contribution in [3.05, 3.63) is 28.7 Å². The van der Waals surface area contributed by atoms with Gasteiger partial charge in [0.2, 0.25) is 0 Å². The van der Waals surface area contributed by atoms with E-state index in [-0.39, 0.29) is 17.5 Å². The van der Waals surface area contributed by atoms with Gasteiger partial charge in [0.25, 0.3) is 0 Å². The summed E-state index contributed by atoms with van der Waals surface area (Å²) in [5.74, 6) is 0.523. The fourth-order valence-corrected chi connectivity index (χ4v) is 3.65. The van der Waals surface area contributed by atoms with Crippen LogP contribution in [0.15, 0.2) is 28.7 Å². The zero-order valence-electron chi connectivity index (χ0n) is 9.43. The first-order valence-corrected chi connectivity index (χ1v) is 8.00. The number of carbonyl (C=O) groups is 1. The van der Waals surface area contributed by atoms with Crippen molar-refractivity contribution >= 4 is 31.9 Å². The van der Waals surface area contributed by atoms with Gasteiger partial charge in [-0.1, -0.05) is 15.9 Å². The number of ether oxygens (including phenoxy) is 1. The van der Waals surface area contributed by atoms with Gasteiger partial charge in [-0.2, -0.15) is 0 Å². The highest BCUT2D eigenvalue weighted by molar-refractivity contribution is 9.10. The summed E-state index contributed by atoms with van der Waals surface area (Å²) < 4.78 is 28.4. The maximum Gasteiger partial charge on any atom is 0.412 e. The lowest BCUT2D eigenvalue weighted by molar-refractivity contribution is 0.197. The predicted molar refractivity (Wildman–Crippen MR) is 70.4 cm³/mol. The summed E-state index contributed by atoms with van der Waals surface area (Å²) in [6.45, 7) is 0. The van der Waals surface area contributed by atoms with E-state index in [2.05, 4.69) is 21.2 Å². The lowest BCUT2D eigenvalue weighted by Gasteiger charge is -2.10. The molecule has 1 amide bonds. The van der Waals surface area contributed by atoms with E-state index in [0.29, 0.717) is 12.2 Å². The van der Waals surface area contributed by atoms with E-state index < -0.39 is 15.9 Å². The zero-order chi connectivity index (χ0) is 13.2. The highest BCUT2D eigenvalue weighted by Gasteiger charge is 2.29. The van der Waals surface area contributed by atoms with Crippen molar-refractivity contribution in [1.82, 2.24) is 5.32 Å². The molecule has 1 aliphatic rings. The number of benzene rings is 1. The molecule has 5 nitrogen and oxygen atoms in total. The maximum atomic E-state index is 11.5. The third-order valence-electron chi connectivity index (χ3n) is 2.58. The van der Waals surface area contributed by atoms with Gasteiger partial charge in [0.05, 0.1) is 11.5 Å². The van der Waals surface area contributed by atoms with E-state index >= 15 is 0 Å². The fraction of sp³-hybridized carbons (Fsp3) is 0.364. The summed E-state index contributed by atoms with van der Waals surface area (Å²) in [4.78, 5) is 11.5. The van der Waals surface area contributed by atoms with Crippen LogP contribution in [0.4, 0.5) is 4.79 Å². The van der Waals surface area contributed by atoms with Gasteiger partial charge in [0.1, 0.15) is 5.75 Å². The number of hydrogen-bond acceptors (Lipinski definition) is 4. The molecule has 1 aliphatic heterocycles. The minimum Gasteiger partial charge on any atom is -0.410 e. The number of sulfone groups is 1. The molecule has 0 aliphatic carbocycles. The van der Waals surface area contributed by atoms with E-state index in [4.69, 9.17) is 4.74 Å². The van der Waals surface area contributed by atoms with E-state index in [1.807, 2.05) is 0 Å². The molecule has 0 saturated carbocycles. The van der Waals surface area contributed by atoms with Crippen LogP contribution in [0.1, 0.15) is 6.42 Å². The molecule has 2 rings (SSSR count). The smallest absolute Gasteiger partial charge is 0.410 e. The Balaban J connectivity index is 1.88. The Bertz CT molecular complexity index is 541. The minimum atomic E-state index is -3.00. The molecule has 1 N–H and O–H groups in total. The van der Waals surface area contributed by atoms with Gasteiger partial charge in [-0.3, -0.25) is 0 Å². The molecule has 0 radical (unpaired) electrons. The first kappa shape index (κ1) is 13.4. The van der Waals surface area contributed by atoms with Crippen LogP contribution in [-0.2, 0) is 9.84 Å². The van der Waals surface area contributed by atoms with Crippen molar-refractivity contribution in [2.75, 3.05) is 11.5 Å². The van der Waals surface area contributed by atoms with Gasteiger partial charge in [-0.05, 0) is 30.7 Å². The van der Waals surface area contributed by atoms with Gasteiger partial charge in [-0.15, -0.1) is 0 Å². The van der Waals surface area contributed by atoms with Gasteiger partial charge < -0.3 is 10.1 Å². The summed E-state index contributed by atoms with van der Waals surface area (Å²) in [6, 6.07) is 6.45. The van der Waals surface area contributed by atoms with Crippen LogP contribution in [0.3, 0.4) is 0 Å². The van der Waals surface area contributed by atoms with Crippen LogP contribution in [-0.4, -0.2) is 32.1 Å². The number of nitrogens with one attached hydrogen (secondary N) is 1. The molecule has 1 aromatic rings. The summed E-state index contributed by atoms with van der Waals surface area (Å²) in [6.07, 6.45) is -0.183. The third-order valence-corrected chi connectivity index (χ3v) is 4.88. The average molecular weight is 334 g/mol. The minimum absolute atomic E-state index is 0.0115. The van der Waals surface area contributed by atoms with E-state index in [9.17, 15) is 13.2 Å². The Morgan fingerprint density at radius 3 is 2.56 bits per heavy atom. The van der Waals surface area contributed by atoms with Crippen LogP contribution in [0.5, 0.6) is 5.75 Å². The van der Waals surface area contributed by atoms with Crippen LogP contribution >= 0.6 is 15.9 Å². The summed E-state index contributed by atoms with van der Waals surface area (Å²) in [5.41, 5.74) is 0. The van der Waals surface area contributed by atoms with Crippen molar-refractivity contribution in [2.45, 2.75) is 12.5 Å². The van der Waals surface area contributed by atoms with Crippen LogP contribution in [0.2, 0.25) is 0 Å². The molecule has 0 spiro atoms. The monoisotopic (exact) mass is 333 g/mol. The van der Waals surface area contributed by atoms with Crippen LogP contribution in [0.25, 0.3) is 0 Å². The molecule has 98 valence electrons. The van der Waals surface area contributed by atoms with E-state index in [0.717, 1.165) is 4.47 Å².